The smallest absolute Gasteiger partial charge is 0.236 e. The van der Waals surface area contributed by atoms with Gasteiger partial charge in [-0.25, -0.2) is 9.97 Å². The van der Waals surface area contributed by atoms with Gasteiger partial charge in [-0.05, 0) is 19.8 Å². The second kappa shape index (κ2) is 8.77. The summed E-state index contributed by atoms with van der Waals surface area (Å²) in [6, 6.07) is 0.783. The standard InChI is InChI=1S/C22H34N6O2/c1-17-19-15-25(6-5-20(19)24-22(23-17)28-11-13-30-14-12-28)16-21(29)27-9-7-26(8-10-27)18-3-2-4-18/h18H,2-16H2,1H3. The number of carbonyl (C=O) groups is 1. The number of morpholine rings is 1. The predicted molar refractivity (Wildman–Crippen MR) is 115 cm³/mol. The normalized spacial score (nSPS) is 23.9. The second-order valence-electron chi connectivity index (χ2n) is 9.10. The maximum Gasteiger partial charge on any atom is 0.236 e. The molecular formula is C22H34N6O2. The highest BCUT2D eigenvalue weighted by molar-refractivity contribution is 5.78. The molecule has 1 amide bonds. The van der Waals surface area contributed by atoms with E-state index >= 15 is 0 Å². The highest BCUT2D eigenvalue weighted by Crippen LogP contribution is 2.26. The summed E-state index contributed by atoms with van der Waals surface area (Å²) in [6.45, 7) is 11.3. The van der Waals surface area contributed by atoms with E-state index < -0.39 is 0 Å². The first kappa shape index (κ1) is 20.2. The van der Waals surface area contributed by atoms with Gasteiger partial charge in [-0.1, -0.05) is 6.42 Å². The third-order valence-corrected chi connectivity index (χ3v) is 7.25. The summed E-state index contributed by atoms with van der Waals surface area (Å²) in [5.74, 6) is 1.11. The number of fused-ring (bicyclic) bond motifs is 1. The Labute approximate surface area is 179 Å². The SMILES string of the molecule is Cc1nc(N2CCOCC2)nc2c1CN(CC(=O)N1CCN(C3CCC3)CC1)CC2. The second-order valence-corrected chi connectivity index (χ2v) is 9.10. The van der Waals surface area contributed by atoms with Crippen molar-refractivity contribution >= 4 is 11.9 Å². The van der Waals surface area contributed by atoms with E-state index in [9.17, 15) is 4.79 Å². The molecule has 1 aromatic heterocycles. The molecule has 2 saturated heterocycles. The molecule has 1 aromatic rings. The minimum atomic E-state index is 0.273. The third-order valence-electron chi connectivity index (χ3n) is 7.25. The van der Waals surface area contributed by atoms with E-state index in [0.29, 0.717) is 6.54 Å². The molecule has 30 heavy (non-hydrogen) atoms. The van der Waals surface area contributed by atoms with Crippen LogP contribution in [0.4, 0.5) is 5.95 Å². The van der Waals surface area contributed by atoms with E-state index in [-0.39, 0.29) is 5.91 Å². The summed E-state index contributed by atoms with van der Waals surface area (Å²) in [7, 11) is 0. The highest BCUT2D eigenvalue weighted by Gasteiger charge is 2.30. The fourth-order valence-corrected chi connectivity index (χ4v) is 5.04. The van der Waals surface area contributed by atoms with Crippen LogP contribution in [-0.4, -0.2) is 102 Å². The average molecular weight is 415 g/mol. The van der Waals surface area contributed by atoms with Gasteiger partial charge in [-0.3, -0.25) is 14.6 Å². The molecule has 0 unspecified atom stereocenters. The number of amides is 1. The number of anilines is 1. The van der Waals surface area contributed by atoms with Gasteiger partial charge in [0.25, 0.3) is 0 Å². The van der Waals surface area contributed by atoms with Gasteiger partial charge in [0.05, 0.1) is 25.5 Å². The Balaban J connectivity index is 1.17. The lowest BCUT2D eigenvalue weighted by atomic mass is 9.91. The van der Waals surface area contributed by atoms with Crippen LogP contribution in [0.25, 0.3) is 0 Å². The zero-order valence-electron chi connectivity index (χ0n) is 18.2. The summed E-state index contributed by atoms with van der Waals surface area (Å²) in [6.07, 6.45) is 4.95. The number of hydrogen-bond acceptors (Lipinski definition) is 7. The Morgan fingerprint density at radius 3 is 2.50 bits per heavy atom. The highest BCUT2D eigenvalue weighted by atomic mass is 16.5. The molecule has 0 N–H and O–H groups in total. The fourth-order valence-electron chi connectivity index (χ4n) is 5.04. The number of piperazine rings is 1. The quantitative estimate of drug-likeness (QED) is 0.718. The van der Waals surface area contributed by atoms with Crippen molar-refractivity contribution in [2.75, 3.05) is 70.5 Å². The minimum Gasteiger partial charge on any atom is -0.378 e. The fraction of sp³-hybridized carbons (Fsp3) is 0.773. The first-order valence-electron chi connectivity index (χ1n) is 11.6. The topological polar surface area (TPSA) is 65.0 Å². The number of hydrogen-bond donors (Lipinski definition) is 0. The van der Waals surface area contributed by atoms with Crippen molar-refractivity contribution in [2.24, 2.45) is 0 Å². The summed E-state index contributed by atoms with van der Waals surface area (Å²) in [5.41, 5.74) is 3.41. The molecule has 0 bridgehead atoms. The molecule has 1 saturated carbocycles. The molecule has 164 valence electrons. The van der Waals surface area contributed by atoms with Gasteiger partial charge < -0.3 is 14.5 Å². The van der Waals surface area contributed by atoms with E-state index in [1.165, 1.54) is 24.8 Å². The van der Waals surface area contributed by atoms with E-state index in [4.69, 9.17) is 14.7 Å². The molecule has 8 heteroatoms. The van der Waals surface area contributed by atoms with Crippen molar-refractivity contribution in [1.82, 2.24) is 24.7 Å². The molecule has 5 rings (SSSR count). The van der Waals surface area contributed by atoms with Crippen molar-refractivity contribution in [3.63, 3.8) is 0 Å². The van der Waals surface area contributed by atoms with Crippen LogP contribution >= 0.6 is 0 Å². The van der Waals surface area contributed by atoms with E-state index in [1.807, 2.05) is 0 Å². The molecule has 0 radical (unpaired) electrons. The summed E-state index contributed by atoms with van der Waals surface area (Å²) in [4.78, 5) is 31.7. The number of nitrogens with zero attached hydrogens (tertiary/aromatic N) is 6. The van der Waals surface area contributed by atoms with Crippen LogP contribution in [0.3, 0.4) is 0 Å². The van der Waals surface area contributed by atoms with Crippen molar-refractivity contribution < 1.29 is 9.53 Å². The maximum atomic E-state index is 12.9. The third kappa shape index (κ3) is 4.18. The van der Waals surface area contributed by atoms with Gasteiger partial charge in [0, 0.05) is 76.1 Å². The minimum absolute atomic E-state index is 0.273. The molecule has 3 fully saturated rings. The maximum absolute atomic E-state index is 12.9. The Bertz CT molecular complexity index is 769. The van der Waals surface area contributed by atoms with Gasteiger partial charge in [-0.15, -0.1) is 0 Å². The molecule has 3 aliphatic heterocycles. The molecule has 0 atom stereocenters. The Kier molecular flexibility index (Phi) is 5.89. The van der Waals surface area contributed by atoms with Crippen LogP contribution in [0, 0.1) is 6.92 Å². The first-order valence-corrected chi connectivity index (χ1v) is 11.6. The van der Waals surface area contributed by atoms with E-state index in [2.05, 4.69) is 26.5 Å². The zero-order valence-corrected chi connectivity index (χ0v) is 18.2. The van der Waals surface area contributed by atoms with Crippen molar-refractivity contribution in [1.29, 1.82) is 0 Å². The van der Waals surface area contributed by atoms with Crippen LogP contribution < -0.4 is 4.90 Å². The summed E-state index contributed by atoms with van der Waals surface area (Å²) in [5, 5.41) is 0. The Morgan fingerprint density at radius 1 is 1.03 bits per heavy atom. The molecule has 0 aromatic carbocycles. The molecule has 1 aliphatic carbocycles. The summed E-state index contributed by atoms with van der Waals surface area (Å²) >= 11 is 0. The number of carbonyl (C=O) groups excluding carboxylic acids is 1. The van der Waals surface area contributed by atoms with Crippen LogP contribution in [-0.2, 0) is 22.5 Å². The molecule has 8 nitrogen and oxygen atoms in total. The van der Waals surface area contributed by atoms with Crippen LogP contribution in [0.2, 0.25) is 0 Å². The molecule has 0 spiro atoms. The van der Waals surface area contributed by atoms with Crippen LogP contribution in [0.15, 0.2) is 0 Å². The van der Waals surface area contributed by atoms with Gasteiger partial charge in [0.2, 0.25) is 11.9 Å². The van der Waals surface area contributed by atoms with Gasteiger partial charge >= 0.3 is 0 Å². The zero-order chi connectivity index (χ0) is 20.5. The van der Waals surface area contributed by atoms with Crippen LogP contribution in [0.5, 0.6) is 0 Å². The molecule has 4 heterocycles. The summed E-state index contributed by atoms with van der Waals surface area (Å²) < 4.78 is 5.45. The molecule has 4 aliphatic rings. The monoisotopic (exact) mass is 414 g/mol. The number of aromatic nitrogens is 2. The van der Waals surface area contributed by atoms with Gasteiger partial charge in [0.15, 0.2) is 0 Å². The Hall–Kier alpha value is -1.77. The Morgan fingerprint density at radius 2 is 1.80 bits per heavy atom. The van der Waals surface area contributed by atoms with Gasteiger partial charge in [-0.2, -0.15) is 0 Å². The first-order chi connectivity index (χ1) is 14.7. The van der Waals surface area contributed by atoms with Crippen molar-refractivity contribution in [3.05, 3.63) is 17.0 Å². The lowest BCUT2D eigenvalue weighted by molar-refractivity contribution is -0.135. The van der Waals surface area contributed by atoms with Crippen molar-refractivity contribution in [3.8, 4) is 0 Å². The van der Waals surface area contributed by atoms with Crippen molar-refractivity contribution in [2.45, 2.75) is 45.2 Å². The molecular weight excluding hydrogens is 380 g/mol. The largest absolute Gasteiger partial charge is 0.378 e. The van der Waals surface area contributed by atoms with E-state index in [0.717, 1.165) is 95.4 Å². The van der Waals surface area contributed by atoms with Crippen LogP contribution in [0.1, 0.15) is 36.2 Å². The average Bonchev–Trinajstić information content (AvgIpc) is 2.74. The van der Waals surface area contributed by atoms with E-state index in [1.54, 1.807) is 0 Å². The number of aryl methyl sites for hydroxylation is 1. The van der Waals surface area contributed by atoms with Gasteiger partial charge in [0.1, 0.15) is 0 Å². The number of rotatable bonds is 4. The predicted octanol–water partition coefficient (Wildman–Crippen LogP) is 0.676. The lowest BCUT2D eigenvalue weighted by Crippen LogP contribution is -2.55. The number of ether oxygens (including phenoxy) is 1. The lowest BCUT2D eigenvalue weighted by Gasteiger charge is -2.43.